The van der Waals surface area contributed by atoms with Crippen LogP contribution in [0.4, 0.5) is 0 Å². The van der Waals surface area contributed by atoms with Gasteiger partial charge in [-0.1, -0.05) is 50.1 Å². The van der Waals surface area contributed by atoms with Gasteiger partial charge < -0.3 is 4.74 Å². The van der Waals surface area contributed by atoms with Crippen LogP contribution in [-0.4, -0.2) is 6.61 Å². The van der Waals surface area contributed by atoms with Crippen LogP contribution in [0.3, 0.4) is 0 Å². The Kier molecular flexibility index (Phi) is 6.32. The highest BCUT2D eigenvalue weighted by Gasteiger charge is 2.21. The van der Waals surface area contributed by atoms with Crippen molar-refractivity contribution < 1.29 is 4.74 Å². The molecule has 0 spiro atoms. The summed E-state index contributed by atoms with van der Waals surface area (Å²) in [6, 6.07) is 9.04. The van der Waals surface area contributed by atoms with Gasteiger partial charge in [-0.15, -0.1) is 6.58 Å². The van der Waals surface area contributed by atoms with Gasteiger partial charge in [-0.05, 0) is 48.6 Å². The van der Waals surface area contributed by atoms with E-state index >= 15 is 0 Å². The summed E-state index contributed by atoms with van der Waals surface area (Å²) in [5.74, 6) is 1.77. The Hall–Kier alpha value is -1.08. The molecule has 0 unspecified atom stereocenters. The number of rotatable bonds is 7. The number of benzene rings is 1. The van der Waals surface area contributed by atoms with Crippen molar-refractivity contribution in [1.29, 1.82) is 0 Å². The predicted octanol–water partition coefficient (Wildman–Crippen LogP) is 5.46. The summed E-state index contributed by atoms with van der Waals surface area (Å²) in [5, 5.41) is 0. The fourth-order valence-electron chi connectivity index (χ4n) is 3.34. The van der Waals surface area contributed by atoms with Gasteiger partial charge in [0.15, 0.2) is 0 Å². The number of ether oxygens (including phenoxy) is 1. The molecule has 2 rings (SSSR count). The van der Waals surface area contributed by atoms with Crippen LogP contribution in [0.2, 0.25) is 0 Å². The predicted molar refractivity (Wildman–Crippen MR) is 85.9 cm³/mol. The molecule has 1 aromatic rings. The molecule has 0 saturated heterocycles. The molecule has 20 heavy (non-hydrogen) atoms. The van der Waals surface area contributed by atoms with Crippen molar-refractivity contribution in [3.8, 4) is 0 Å². The molecule has 0 atom stereocenters. The Morgan fingerprint density at radius 2 is 1.85 bits per heavy atom. The molecule has 1 aliphatic rings. The summed E-state index contributed by atoms with van der Waals surface area (Å²) in [7, 11) is 0. The molecule has 0 amide bonds. The normalized spacial score (nSPS) is 22.6. The van der Waals surface area contributed by atoms with Gasteiger partial charge in [0.25, 0.3) is 0 Å². The Morgan fingerprint density at radius 3 is 2.45 bits per heavy atom. The van der Waals surface area contributed by atoms with Crippen molar-refractivity contribution >= 4 is 0 Å². The molecule has 1 fully saturated rings. The molecule has 0 radical (unpaired) electrons. The van der Waals surface area contributed by atoms with Crippen LogP contribution in [0.15, 0.2) is 36.9 Å². The third kappa shape index (κ3) is 4.49. The van der Waals surface area contributed by atoms with Crippen molar-refractivity contribution in [2.24, 2.45) is 5.92 Å². The molecule has 1 aromatic carbocycles. The summed E-state index contributed by atoms with van der Waals surface area (Å²) in [5.41, 5.74) is 2.78. The van der Waals surface area contributed by atoms with Crippen molar-refractivity contribution in [3.63, 3.8) is 0 Å². The van der Waals surface area contributed by atoms with E-state index in [2.05, 4.69) is 37.8 Å². The molecule has 1 aliphatic carbocycles. The summed E-state index contributed by atoms with van der Waals surface area (Å²) in [4.78, 5) is 0. The zero-order chi connectivity index (χ0) is 14.2. The van der Waals surface area contributed by atoms with Crippen LogP contribution in [0.1, 0.15) is 62.5 Å². The van der Waals surface area contributed by atoms with Gasteiger partial charge in [0.05, 0.1) is 13.2 Å². The van der Waals surface area contributed by atoms with Crippen molar-refractivity contribution in [3.05, 3.63) is 48.0 Å². The number of hydrogen-bond donors (Lipinski definition) is 0. The topological polar surface area (TPSA) is 9.23 Å². The molecule has 0 heterocycles. The first-order valence-electron chi connectivity index (χ1n) is 8.11. The monoisotopic (exact) mass is 272 g/mol. The maximum Gasteiger partial charge on any atom is 0.0721 e. The van der Waals surface area contributed by atoms with Gasteiger partial charge in [0, 0.05) is 0 Å². The van der Waals surface area contributed by atoms with Crippen molar-refractivity contribution in [1.82, 2.24) is 0 Å². The molecule has 1 heteroatoms. The van der Waals surface area contributed by atoms with Crippen LogP contribution < -0.4 is 0 Å². The Labute approximate surface area is 124 Å². The SMILES string of the molecule is C=CCOCc1ccc(C2CCC(CCC)CC2)cc1. The van der Waals surface area contributed by atoms with Crippen LogP contribution in [-0.2, 0) is 11.3 Å². The zero-order valence-electron chi connectivity index (χ0n) is 12.8. The minimum atomic E-state index is 0.628. The standard InChI is InChI=1S/C19H28O/c1-3-5-16-6-10-18(11-7-16)19-12-8-17(9-13-19)15-20-14-4-2/h4,8-9,12-13,16,18H,2-3,5-7,10-11,14-15H2,1H3. The fraction of sp³-hybridized carbons (Fsp3) is 0.579. The molecule has 0 aliphatic heterocycles. The maximum absolute atomic E-state index is 5.48. The molecule has 0 bridgehead atoms. The average Bonchev–Trinajstić information content (AvgIpc) is 2.49. The van der Waals surface area contributed by atoms with E-state index < -0.39 is 0 Å². The van der Waals surface area contributed by atoms with Gasteiger partial charge >= 0.3 is 0 Å². The van der Waals surface area contributed by atoms with Crippen LogP contribution in [0.5, 0.6) is 0 Å². The summed E-state index contributed by atoms with van der Waals surface area (Å²) >= 11 is 0. The molecule has 1 nitrogen and oxygen atoms in total. The van der Waals surface area contributed by atoms with E-state index in [0.717, 1.165) is 11.8 Å². The summed E-state index contributed by atoms with van der Waals surface area (Å²) in [6.07, 6.45) is 10.1. The lowest BCUT2D eigenvalue weighted by Crippen LogP contribution is -2.13. The zero-order valence-corrected chi connectivity index (χ0v) is 12.8. The number of hydrogen-bond acceptors (Lipinski definition) is 1. The molecule has 0 N–H and O–H groups in total. The first-order chi connectivity index (χ1) is 9.83. The second-order valence-electron chi connectivity index (χ2n) is 6.05. The van der Waals surface area contributed by atoms with E-state index in [1.165, 1.54) is 49.7 Å². The second-order valence-corrected chi connectivity index (χ2v) is 6.05. The van der Waals surface area contributed by atoms with E-state index in [4.69, 9.17) is 4.74 Å². The average molecular weight is 272 g/mol. The molecule has 0 aromatic heterocycles. The van der Waals surface area contributed by atoms with Crippen LogP contribution >= 0.6 is 0 Å². The van der Waals surface area contributed by atoms with Crippen molar-refractivity contribution in [2.75, 3.05) is 6.61 Å². The molecular weight excluding hydrogens is 244 g/mol. The third-order valence-electron chi connectivity index (χ3n) is 4.50. The van der Waals surface area contributed by atoms with Gasteiger partial charge in [-0.25, -0.2) is 0 Å². The first-order valence-corrected chi connectivity index (χ1v) is 8.11. The van der Waals surface area contributed by atoms with E-state index in [9.17, 15) is 0 Å². The van der Waals surface area contributed by atoms with E-state index in [0.29, 0.717) is 13.2 Å². The van der Waals surface area contributed by atoms with Gasteiger partial charge in [-0.3, -0.25) is 0 Å². The minimum Gasteiger partial charge on any atom is -0.373 e. The highest BCUT2D eigenvalue weighted by molar-refractivity contribution is 5.25. The molecular formula is C19H28O. The summed E-state index contributed by atoms with van der Waals surface area (Å²) < 4.78 is 5.48. The highest BCUT2D eigenvalue weighted by Crippen LogP contribution is 2.37. The van der Waals surface area contributed by atoms with Crippen LogP contribution in [0.25, 0.3) is 0 Å². The van der Waals surface area contributed by atoms with Crippen molar-refractivity contribution in [2.45, 2.75) is 58.0 Å². The quantitative estimate of drug-likeness (QED) is 0.473. The van der Waals surface area contributed by atoms with E-state index in [-0.39, 0.29) is 0 Å². The molecule has 110 valence electrons. The lowest BCUT2D eigenvalue weighted by molar-refractivity contribution is 0.149. The lowest BCUT2D eigenvalue weighted by atomic mass is 9.77. The first kappa shape index (κ1) is 15.3. The van der Waals surface area contributed by atoms with Gasteiger partial charge in [0.1, 0.15) is 0 Å². The smallest absolute Gasteiger partial charge is 0.0721 e. The lowest BCUT2D eigenvalue weighted by Gasteiger charge is -2.28. The Morgan fingerprint density at radius 1 is 1.15 bits per heavy atom. The van der Waals surface area contributed by atoms with Gasteiger partial charge in [0.2, 0.25) is 0 Å². The highest BCUT2D eigenvalue weighted by atomic mass is 16.5. The van der Waals surface area contributed by atoms with Crippen LogP contribution in [0, 0.1) is 5.92 Å². The summed E-state index contributed by atoms with van der Waals surface area (Å²) in [6.45, 7) is 7.28. The Balaban J connectivity index is 1.83. The fourth-order valence-corrected chi connectivity index (χ4v) is 3.34. The largest absolute Gasteiger partial charge is 0.373 e. The maximum atomic E-state index is 5.48. The Bertz CT molecular complexity index is 385. The van der Waals surface area contributed by atoms with E-state index in [1.807, 2.05) is 0 Å². The molecule has 1 saturated carbocycles. The second kappa shape index (κ2) is 8.26. The third-order valence-corrected chi connectivity index (χ3v) is 4.50. The van der Waals surface area contributed by atoms with E-state index in [1.54, 1.807) is 6.08 Å². The van der Waals surface area contributed by atoms with Gasteiger partial charge in [-0.2, -0.15) is 0 Å². The minimum absolute atomic E-state index is 0.628.